The molecule has 0 saturated heterocycles. The molecular formula is C14H10ClF3O5. The molecule has 1 aromatic carbocycles. The van der Waals surface area contributed by atoms with Crippen LogP contribution in [0.1, 0.15) is 5.56 Å². The predicted molar refractivity (Wildman–Crippen MR) is 71.3 cm³/mol. The van der Waals surface area contributed by atoms with Gasteiger partial charge in [0.05, 0.1) is 14.2 Å². The van der Waals surface area contributed by atoms with E-state index in [1.54, 1.807) is 0 Å². The second kappa shape index (κ2) is 5.77. The van der Waals surface area contributed by atoms with Gasteiger partial charge >= 0.3 is 18.1 Å². The number of benzene rings is 1. The molecule has 9 heteroatoms. The predicted octanol–water partition coefficient (Wildman–Crippen LogP) is 2.73. The fraction of sp³-hybridized carbons (Fsp3) is 0.286. The van der Waals surface area contributed by atoms with Crippen molar-refractivity contribution in [2.75, 3.05) is 14.2 Å². The van der Waals surface area contributed by atoms with Crippen molar-refractivity contribution in [3.63, 3.8) is 0 Å². The lowest BCUT2D eigenvalue weighted by Gasteiger charge is -2.44. The molecule has 0 saturated carbocycles. The normalized spacial score (nSPS) is 20.4. The Balaban J connectivity index is 2.70. The first kappa shape index (κ1) is 17.1. The molecule has 5 nitrogen and oxygen atoms in total. The van der Waals surface area contributed by atoms with E-state index in [0.29, 0.717) is 0 Å². The van der Waals surface area contributed by atoms with Gasteiger partial charge in [-0.05, 0) is 12.1 Å². The summed E-state index contributed by atoms with van der Waals surface area (Å²) in [6.07, 6.45) is -5.03. The van der Waals surface area contributed by atoms with Gasteiger partial charge in [0, 0.05) is 10.6 Å². The van der Waals surface area contributed by atoms with E-state index in [0.717, 1.165) is 26.4 Å². The number of hydrogen-bond acceptors (Lipinski definition) is 5. The Kier molecular flexibility index (Phi) is 4.30. The summed E-state index contributed by atoms with van der Waals surface area (Å²) in [6, 6.07) is 4.51. The van der Waals surface area contributed by atoms with Gasteiger partial charge in [0.25, 0.3) is 5.60 Å². The van der Waals surface area contributed by atoms with Gasteiger partial charge in [-0.1, -0.05) is 23.7 Å². The van der Waals surface area contributed by atoms with Gasteiger partial charge in [0.1, 0.15) is 5.57 Å². The van der Waals surface area contributed by atoms with Gasteiger partial charge < -0.3 is 14.2 Å². The molecule has 0 radical (unpaired) electrons. The van der Waals surface area contributed by atoms with Gasteiger partial charge in [0.2, 0.25) is 5.76 Å². The van der Waals surface area contributed by atoms with Crippen molar-refractivity contribution in [2.24, 2.45) is 0 Å². The monoisotopic (exact) mass is 350 g/mol. The third-order valence-electron chi connectivity index (χ3n) is 3.24. The number of carbonyl (C=O) groups excluding carboxylic acids is 2. The van der Waals surface area contributed by atoms with Crippen LogP contribution in [-0.2, 0) is 29.4 Å². The van der Waals surface area contributed by atoms with Crippen molar-refractivity contribution in [2.45, 2.75) is 11.8 Å². The number of rotatable bonds is 3. The smallest absolute Gasteiger partial charge is 0.437 e. The molecule has 0 aliphatic carbocycles. The first-order valence-corrected chi connectivity index (χ1v) is 6.50. The third-order valence-corrected chi connectivity index (χ3v) is 3.50. The number of esters is 2. The molecule has 2 rings (SSSR count). The van der Waals surface area contributed by atoms with Crippen molar-refractivity contribution in [3.8, 4) is 0 Å². The minimum Gasteiger partial charge on any atom is -0.465 e. The molecule has 1 atom stereocenters. The largest absolute Gasteiger partial charge is 0.465 e. The van der Waals surface area contributed by atoms with Crippen LogP contribution in [0.4, 0.5) is 13.2 Å². The van der Waals surface area contributed by atoms with E-state index >= 15 is 0 Å². The second-order valence-electron chi connectivity index (χ2n) is 4.48. The highest BCUT2D eigenvalue weighted by molar-refractivity contribution is 6.30. The maximum absolute atomic E-state index is 13.7. The minimum absolute atomic E-state index is 0.196. The molecule has 1 unspecified atom stereocenters. The van der Waals surface area contributed by atoms with Gasteiger partial charge in [-0.2, -0.15) is 13.2 Å². The molecule has 0 bridgehead atoms. The zero-order valence-corrected chi connectivity index (χ0v) is 12.6. The lowest BCUT2D eigenvalue weighted by Crippen LogP contribution is -2.56. The highest BCUT2D eigenvalue weighted by atomic mass is 35.5. The molecule has 0 aromatic heterocycles. The highest BCUT2D eigenvalue weighted by Crippen LogP contribution is 2.56. The topological polar surface area (TPSA) is 61.8 Å². The fourth-order valence-electron chi connectivity index (χ4n) is 2.19. The van der Waals surface area contributed by atoms with Gasteiger partial charge in [-0.3, -0.25) is 0 Å². The van der Waals surface area contributed by atoms with E-state index in [9.17, 15) is 22.8 Å². The first-order valence-electron chi connectivity index (χ1n) is 6.12. The number of alkyl halides is 3. The lowest BCUT2D eigenvalue weighted by atomic mass is 9.80. The summed E-state index contributed by atoms with van der Waals surface area (Å²) in [5, 5.41) is 0.196. The van der Waals surface area contributed by atoms with Crippen LogP contribution in [0.3, 0.4) is 0 Å². The number of halogens is 4. The Hall–Kier alpha value is -2.22. The van der Waals surface area contributed by atoms with Crippen LogP contribution in [0, 0.1) is 0 Å². The first-order chi connectivity index (χ1) is 10.7. The third kappa shape index (κ3) is 2.52. The van der Waals surface area contributed by atoms with Crippen LogP contribution in [0.2, 0.25) is 5.02 Å². The Morgan fingerprint density at radius 3 is 2.04 bits per heavy atom. The molecule has 0 fully saturated rings. The number of carbonyl (C=O) groups is 2. The summed E-state index contributed by atoms with van der Waals surface area (Å²) in [5.41, 5.74) is -4.50. The molecule has 1 aliphatic rings. The Labute approximate surface area is 133 Å². The summed E-state index contributed by atoms with van der Waals surface area (Å²) in [4.78, 5) is 23.4. The number of methoxy groups -OCH3 is 2. The molecule has 0 spiro atoms. The average Bonchev–Trinajstić information content (AvgIpc) is 2.46. The summed E-state index contributed by atoms with van der Waals surface area (Å²) < 4.78 is 54.5. The molecule has 1 aromatic rings. The van der Waals surface area contributed by atoms with E-state index in [4.69, 9.17) is 16.3 Å². The van der Waals surface area contributed by atoms with Crippen molar-refractivity contribution in [1.82, 2.24) is 0 Å². The Bertz CT molecular complexity index is 681. The molecule has 1 heterocycles. The lowest BCUT2D eigenvalue weighted by molar-refractivity contribution is -0.278. The van der Waals surface area contributed by atoms with Crippen LogP contribution < -0.4 is 0 Å². The van der Waals surface area contributed by atoms with Crippen LogP contribution >= 0.6 is 11.6 Å². The highest BCUT2D eigenvalue weighted by Gasteiger charge is 2.71. The summed E-state index contributed by atoms with van der Waals surface area (Å²) in [5.74, 6) is -3.39. The van der Waals surface area contributed by atoms with Crippen molar-refractivity contribution in [1.29, 1.82) is 0 Å². The van der Waals surface area contributed by atoms with Crippen LogP contribution in [0.25, 0.3) is 0 Å². The van der Waals surface area contributed by atoms with Crippen LogP contribution in [0.5, 0.6) is 0 Å². The quantitative estimate of drug-likeness (QED) is 0.784. The van der Waals surface area contributed by atoms with E-state index in [1.807, 2.05) is 0 Å². The Morgan fingerprint density at radius 1 is 1.09 bits per heavy atom. The van der Waals surface area contributed by atoms with Crippen molar-refractivity contribution in [3.05, 3.63) is 46.2 Å². The molecule has 124 valence electrons. The van der Waals surface area contributed by atoms with E-state index < -0.39 is 40.6 Å². The van der Waals surface area contributed by atoms with Crippen LogP contribution in [0.15, 0.2) is 35.6 Å². The Morgan fingerprint density at radius 2 is 1.61 bits per heavy atom. The summed E-state index contributed by atoms with van der Waals surface area (Å²) in [6.45, 7) is 0. The molecular weight excluding hydrogens is 341 g/mol. The number of hydrogen-bond donors (Lipinski definition) is 0. The molecule has 0 N–H and O–H groups in total. The summed E-state index contributed by atoms with van der Waals surface area (Å²) in [7, 11) is 1.84. The maximum Gasteiger partial charge on any atom is 0.437 e. The van der Waals surface area contributed by atoms with Gasteiger partial charge in [0.15, 0.2) is 0 Å². The zero-order valence-electron chi connectivity index (χ0n) is 11.9. The summed E-state index contributed by atoms with van der Waals surface area (Å²) >= 11 is 5.67. The average molecular weight is 351 g/mol. The van der Waals surface area contributed by atoms with Gasteiger partial charge in [-0.25, -0.2) is 9.59 Å². The minimum atomic E-state index is -5.03. The molecule has 0 amide bonds. The van der Waals surface area contributed by atoms with Crippen molar-refractivity contribution >= 4 is 23.5 Å². The van der Waals surface area contributed by atoms with Gasteiger partial charge in [-0.15, -0.1) is 0 Å². The van der Waals surface area contributed by atoms with Crippen LogP contribution in [-0.4, -0.2) is 32.3 Å². The van der Waals surface area contributed by atoms with Crippen molar-refractivity contribution < 1.29 is 37.0 Å². The maximum atomic E-state index is 13.7. The molecule has 1 aliphatic heterocycles. The SMILES string of the molecule is COC(=O)C1=C(C(=O)OC)C(c2ccc(Cl)cc2)(C(F)(F)F)O1. The zero-order chi connectivity index (χ0) is 17.4. The number of ether oxygens (including phenoxy) is 3. The fourth-order valence-corrected chi connectivity index (χ4v) is 2.32. The van der Waals surface area contributed by atoms with E-state index in [-0.39, 0.29) is 5.02 Å². The second-order valence-corrected chi connectivity index (χ2v) is 4.91. The standard InChI is InChI=1S/C14H10ClF3O5/c1-21-11(19)9-10(12(20)22-2)23-13(9,14(16,17)18)7-3-5-8(15)6-4-7/h3-6H,1-2H3. The van der Waals surface area contributed by atoms with E-state index in [2.05, 4.69) is 9.47 Å². The van der Waals surface area contributed by atoms with E-state index in [1.165, 1.54) is 12.1 Å². The molecule has 23 heavy (non-hydrogen) atoms.